The molecule has 0 aliphatic carbocycles. The highest BCUT2D eigenvalue weighted by Crippen LogP contribution is 2.32. The van der Waals surface area contributed by atoms with E-state index in [0.717, 1.165) is 16.3 Å². The van der Waals surface area contributed by atoms with E-state index in [1.165, 1.54) is 23.5 Å². The summed E-state index contributed by atoms with van der Waals surface area (Å²) in [5.41, 5.74) is 0. The van der Waals surface area contributed by atoms with Gasteiger partial charge in [-0.2, -0.15) is 16.9 Å². The molecule has 2 aromatic rings. The van der Waals surface area contributed by atoms with Crippen molar-refractivity contribution in [2.75, 3.05) is 11.5 Å². The molecule has 1 saturated heterocycles. The van der Waals surface area contributed by atoms with Gasteiger partial charge in [-0.1, -0.05) is 6.07 Å². The van der Waals surface area contributed by atoms with Crippen LogP contribution in [0.25, 0.3) is 10.7 Å². The van der Waals surface area contributed by atoms with E-state index in [1.54, 1.807) is 11.3 Å². The molecule has 0 amide bonds. The fourth-order valence-corrected chi connectivity index (χ4v) is 4.27. The van der Waals surface area contributed by atoms with Crippen molar-refractivity contribution in [1.82, 2.24) is 14.8 Å². The molecule has 0 spiro atoms. The molecule has 0 aromatic carbocycles. The van der Waals surface area contributed by atoms with Gasteiger partial charge in [0.2, 0.25) is 0 Å². The van der Waals surface area contributed by atoms with Crippen LogP contribution in [-0.4, -0.2) is 26.3 Å². The van der Waals surface area contributed by atoms with Gasteiger partial charge in [0.1, 0.15) is 0 Å². The molecule has 1 atom stereocenters. The van der Waals surface area contributed by atoms with E-state index in [-0.39, 0.29) is 0 Å². The van der Waals surface area contributed by atoms with Gasteiger partial charge in [0.05, 0.1) is 4.88 Å². The topological polar surface area (TPSA) is 33.6 Å². The van der Waals surface area contributed by atoms with Crippen LogP contribution in [-0.2, 0) is 0 Å². The van der Waals surface area contributed by atoms with Crippen molar-refractivity contribution in [1.29, 1.82) is 0 Å². The second-order valence-corrected chi connectivity index (χ2v) is 6.55. The molecule has 3 rings (SSSR count). The lowest BCUT2D eigenvalue weighted by atomic mass is 10.2. The largest absolute Gasteiger partial charge is 0.296 e. The molecule has 3 nitrogen and oxygen atoms in total. The number of aromatic nitrogens is 3. The Bertz CT molecular complexity index is 535. The summed E-state index contributed by atoms with van der Waals surface area (Å²) in [6.45, 7) is 0. The van der Waals surface area contributed by atoms with E-state index in [9.17, 15) is 0 Å². The number of thiophene rings is 1. The molecule has 1 aliphatic heterocycles. The Morgan fingerprint density at radius 2 is 2.47 bits per heavy atom. The third-order valence-electron chi connectivity index (χ3n) is 2.95. The molecule has 0 saturated carbocycles. The van der Waals surface area contributed by atoms with E-state index in [1.807, 2.05) is 11.8 Å². The van der Waals surface area contributed by atoms with Crippen molar-refractivity contribution < 1.29 is 0 Å². The molecule has 3 heterocycles. The van der Waals surface area contributed by atoms with Crippen LogP contribution in [0.1, 0.15) is 18.9 Å². The van der Waals surface area contributed by atoms with Crippen LogP contribution >= 0.6 is 35.3 Å². The monoisotopic (exact) mass is 283 g/mol. The maximum absolute atomic E-state index is 5.37. The number of H-pyrrole nitrogens is 1. The van der Waals surface area contributed by atoms with Crippen molar-refractivity contribution in [3.63, 3.8) is 0 Å². The van der Waals surface area contributed by atoms with Gasteiger partial charge in [-0.05, 0) is 42.3 Å². The van der Waals surface area contributed by atoms with Gasteiger partial charge in [0, 0.05) is 11.8 Å². The highest BCUT2D eigenvalue weighted by atomic mass is 32.2. The number of hydrogen-bond acceptors (Lipinski definition) is 4. The lowest BCUT2D eigenvalue weighted by Crippen LogP contribution is -2.17. The number of nitrogens with one attached hydrogen (secondary N) is 1. The molecule has 2 aromatic heterocycles. The molecule has 1 unspecified atom stereocenters. The van der Waals surface area contributed by atoms with E-state index in [4.69, 9.17) is 12.2 Å². The van der Waals surface area contributed by atoms with Crippen LogP contribution in [0.15, 0.2) is 17.5 Å². The van der Waals surface area contributed by atoms with Crippen molar-refractivity contribution in [2.45, 2.75) is 18.9 Å². The average Bonchev–Trinajstić information content (AvgIpc) is 2.98. The molecule has 1 N–H and O–H groups in total. The van der Waals surface area contributed by atoms with E-state index in [2.05, 4.69) is 32.3 Å². The minimum Gasteiger partial charge on any atom is -0.296 e. The highest BCUT2D eigenvalue weighted by Gasteiger charge is 2.21. The Kier molecular flexibility index (Phi) is 3.35. The van der Waals surface area contributed by atoms with E-state index < -0.39 is 0 Å². The summed E-state index contributed by atoms with van der Waals surface area (Å²) in [6.07, 6.45) is 2.48. The quantitative estimate of drug-likeness (QED) is 0.853. The highest BCUT2D eigenvalue weighted by molar-refractivity contribution is 7.99. The Morgan fingerprint density at radius 1 is 1.53 bits per heavy atom. The number of rotatable bonds is 2. The lowest BCUT2D eigenvalue weighted by Gasteiger charge is -2.23. The first-order valence-electron chi connectivity index (χ1n) is 5.65. The Morgan fingerprint density at radius 3 is 3.18 bits per heavy atom. The standard InChI is InChI=1S/C11H13N3S3/c15-11-13-12-10(9-4-2-6-17-9)14(11)8-3-1-5-16-7-8/h2,4,6,8H,1,3,5,7H2,(H,13,15). The molecule has 0 bridgehead atoms. The van der Waals surface area contributed by atoms with Crippen LogP contribution in [0.4, 0.5) is 0 Å². The Balaban J connectivity index is 2.03. The van der Waals surface area contributed by atoms with Gasteiger partial charge in [0.15, 0.2) is 10.6 Å². The lowest BCUT2D eigenvalue weighted by molar-refractivity contribution is 0.498. The zero-order chi connectivity index (χ0) is 11.7. The number of nitrogens with zero attached hydrogens (tertiary/aromatic N) is 2. The van der Waals surface area contributed by atoms with Crippen molar-refractivity contribution >= 4 is 35.3 Å². The second kappa shape index (κ2) is 4.96. The van der Waals surface area contributed by atoms with Gasteiger partial charge in [0.25, 0.3) is 0 Å². The van der Waals surface area contributed by atoms with Gasteiger partial charge in [-0.25, -0.2) is 0 Å². The zero-order valence-electron chi connectivity index (χ0n) is 9.26. The molecule has 0 radical (unpaired) electrons. The summed E-state index contributed by atoms with van der Waals surface area (Å²) in [7, 11) is 0. The normalized spacial score (nSPS) is 20.6. The van der Waals surface area contributed by atoms with Gasteiger partial charge in [-0.15, -0.1) is 11.3 Å². The fourth-order valence-electron chi connectivity index (χ4n) is 2.15. The van der Waals surface area contributed by atoms with Gasteiger partial charge in [-0.3, -0.25) is 9.67 Å². The number of thioether (sulfide) groups is 1. The van der Waals surface area contributed by atoms with Crippen molar-refractivity contribution in [3.8, 4) is 10.7 Å². The third-order valence-corrected chi connectivity index (χ3v) is 5.30. The fraction of sp³-hybridized carbons (Fsp3) is 0.455. The van der Waals surface area contributed by atoms with Gasteiger partial charge >= 0.3 is 0 Å². The number of aromatic amines is 1. The molecule has 1 aliphatic rings. The summed E-state index contributed by atoms with van der Waals surface area (Å²) >= 11 is 9.09. The molecule has 17 heavy (non-hydrogen) atoms. The van der Waals surface area contributed by atoms with Gasteiger partial charge < -0.3 is 0 Å². The first-order chi connectivity index (χ1) is 8.36. The first-order valence-corrected chi connectivity index (χ1v) is 8.09. The molecular formula is C11H13N3S3. The van der Waals surface area contributed by atoms with Crippen LogP contribution in [0.2, 0.25) is 0 Å². The molecule has 6 heteroatoms. The average molecular weight is 283 g/mol. The zero-order valence-corrected chi connectivity index (χ0v) is 11.7. The summed E-state index contributed by atoms with van der Waals surface area (Å²) in [5, 5.41) is 9.39. The first kappa shape index (κ1) is 11.5. The van der Waals surface area contributed by atoms with E-state index in [0.29, 0.717) is 6.04 Å². The maximum Gasteiger partial charge on any atom is 0.195 e. The minimum absolute atomic E-state index is 0.497. The molecule has 1 fully saturated rings. The maximum atomic E-state index is 5.37. The third kappa shape index (κ3) is 2.21. The molecular weight excluding hydrogens is 270 g/mol. The van der Waals surface area contributed by atoms with E-state index >= 15 is 0 Å². The predicted octanol–water partition coefficient (Wildman–Crippen LogP) is 3.74. The predicted molar refractivity (Wildman–Crippen MR) is 76.3 cm³/mol. The SMILES string of the molecule is S=c1[nH]nc(-c2cccs2)n1C1CCCSC1. The number of hydrogen-bond donors (Lipinski definition) is 1. The van der Waals surface area contributed by atoms with Crippen LogP contribution in [0.3, 0.4) is 0 Å². The summed E-state index contributed by atoms with van der Waals surface area (Å²) in [5.74, 6) is 3.42. The summed E-state index contributed by atoms with van der Waals surface area (Å²) in [4.78, 5) is 1.19. The summed E-state index contributed by atoms with van der Waals surface area (Å²) < 4.78 is 2.95. The van der Waals surface area contributed by atoms with Crippen molar-refractivity contribution in [2.24, 2.45) is 0 Å². The molecule has 90 valence electrons. The van der Waals surface area contributed by atoms with Crippen LogP contribution in [0, 0.1) is 4.77 Å². The second-order valence-electron chi connectivity index (χ2n) is 4.07. The Labute approximate surface area is 113 Å². The van der Waals surface area contributed by atoms with Crippen molar-refractivity contribution in [3.05, 3.63) is 22.3 Å². The Hall–Kier alpha value is -0.590. The van der Waals surface area contributed by atoms with Crippen LogP contribution < -0.4 is 0 Å². The summed E-state index contributed by atoms with van der Waals surface area (Å²) in [6, 6.07) is 4.65. The minimum atomic E-state index is 0.497. The van der Waals surface area contributed by atoms with Crippen LogP contribution in [0.5, 0.6) is 0 Å². The smallest absolute Gasteiger partial charge is 0.195 e.